The molecule has 0 saturated heterocycles. The van der Waals surface area contributed by atoms with Crippen molar-refractivity contribution in [1.29, 1.82) is 0 Å². The molecule has 20 heteroatoms. The van der Waals surface area contributed by atoms with Crippen LogP contribution >= 0.6 is 11.8 Å². The number of nitrogens with zero attached hydrogens (tertiary/aromatic N) is 2. The van der Waals surface area contributed by atoms with Gasteiger partial charge in [-0.25, -0.2) is 9.78 Å². The van der Waals surface area contributed by atoms with Crippen LogP contribution in [0.5, 0.6) is 17.2 Å². The van der Waals surface area contributed by atoms with Gasteiger partial charge in [-0.1, -0.05) is 91.0 Å². The van der Waals surface area contributed by atoms with Gasteiger partial charge in [0, 0.05) is 56.4 Å². The second-order valence-electron chi connectivity index (χ2n) is 16.5. The molecule has 5 rings (SSSR count). The Morgan fingerprint density at radius 3 is 1.67 bits per heavy atom. The minimum absolute atomic E-state index is 0.106. The first-order valence-electron chi connectivity index (χ1n) is 24.1. The predicted molar refractivity (Wildman–Crippen MR) is 280 cm³/mol. The van der Waals surface area contributed by atoms with Gasteiger partial charge < -0.3 is 66.3 Å². The molecule has 0 radical (unpaired) electrons. The molecule has 5 aromatic rings. The first kappa shape index (κ1) is 56.8. The molecule has 1 aromatic heterocycles. The van der Waals surface area contributed by atoms with Gasteiger partial charge in [-0.15, -0.1) is 11.8 Å². The van der Waals surface area contributed by atoms with Crippen LogP contribution in [0.4, 0.5) is 16.6 Å². The van der Waals surface area contributed by atoms with E-state index in [0.29, 0.717) is 100 Å². The Morgan fingerprint density at radius 1 is 0.658 bits per heavy atom. The van der Waals surface area contributed by atoms with E-state index in [-0.39, 0.29) is 56.1 Å². The van der Waals surface area contributed by atoms with Gasteiger partial charge in [0.05, 0.1) is 65.2 Å². The Morgan fingerprint density at radius 2 is 1.16 bits per heavy atom. The lowest BCUT2D eigenvalue weighted by Crippen LogP contribution is -2.49. The van der Waals surface area contributed by atoms with Crippen LogP contribution in [0.3, 0.4) is 0 Å². The smallest absolute Gasteiger partial charge is 0.405 e. The SMILES string of the molecule is COc1cc(Cc2cnc(N)nc2N)cc(OC)c1OCCCCNC(=O)CCCC(=O)NCCOCCOCCOCCNC(=O)C(CSC(c1ccccc1)(c1ccccc1)c1ccccc1)NC(=O)O. The van der Waals surface area contributed by atoms with Crippen molar-refractivity contribution >= 4 is 47.3 Å². The zero-order valence-corrected chi connectivity index (χ0v) is 42.3. The molecule has 1 atom stereocenters. The molecule has 73 heavy (non-hydrogen) atoms. The van der Waals surface area contributed by atoms with E-state index in [1.807, 2.05) is 103 Å². The van der Waals surface area contributed by atoms with Crippen LogP contribution in [0.1, 0.15) is 59.9 Å². The summed E-state index contributed by atoms with van der Waals surface area (Å²) < 4.78 is 33.2. The van der Waals surface area contributed by atoms with Crippen LogP contribution in [-0.4, -0.2) is 131 Å². The fraction of sp³-hybridized carbons (Fsp3) is 0.396. The van der Waals surface area contributed by atoms with Crippen molar-refractivity contribution in [2.24, 2.45) is 0 Å². The van der Waals surface area contributed by atoms with E-state index in [9.17, 15) is 24.3 Å². The van der Waals surface area contributed by atoms with E-state index in [4.69, 9.17) is 39.9 Å². The molecular formula is C53H68N8O11S. The van der Waals surface area contributed by atoms with Gasteiger partial charge in [-0.05, 0) is 53.6 Å². The van der Waals surface area contributed by atoms with Crippen LogP contribution in [0, 0.1) is 0 Å². The van der Waals surface area contributed by atoms with Gasteiger partial charge in [0.1, 0.15) is 11.9 Å². The molecule has 1 heterocycles. The molecule has 0 aliphatic carbocycles. The number of benzene rings is 4. The molecule has 4 aromatic carbocycles. The number of ether oxygens (including phenoxy) is 6. The fourth-order valence-corrected chi connectivity index (χ4v) is 9.23. The lowest BCUT2D eigenvalue weighted by Gasteiger charge is -2.36. The molecule has 4 amide bonds. The van der Waals surface area contributed by atoms with Gasteiger partial charge in [0.15, 0.2) is 11.5 Å². The number of carbonyl (C=O) groups is 4. The van der Waals surface area contributed by atoms with Crippen LogP contribution in [0.2, 0.25) is 0 Å². The lowest BCUT2D eigenvalue weighted by atomic mass is 9.84. The van der Waals surface area contributed by atoms with E-state index in [0.717, 1.165) is 22.3 Å². The van der Waals surface area contributed by atoms with Crippen LogP contribution in [-0.2, 0) is 39.8 Å². The third-order valence-corrected chi connectivity index (χ3v) is 12.9. The Labute approximate surface area is 430 Å². The number of amides is 4. The lowest BCUT2D eigenvalue weighted by molar-refractivity contribution is -0.123. The summed E-state index contributed by atoms with van der Waals surface area (Å²) in [6, 6.07) is 32.6. The molecular weight excluding hydrogens is 957 g/mol. The third kappa shape index (κ3) is 18.8. The number of nitrogen functional groups attached to an aromatic ring is 2. The molecule has 0 bridgehead atoms. The van der Waals surface area contributed by atoms with Crippen molar-refractivity contribution in [2.45, 2.75) is 49.3 Å². The van der Waals surface area contributed by atoms with Gasteiger partial charge in [0.2, 0.25) is 29.4 Å². The van der Waals surface area contributed by atoms with Crippen molar-refractivity contribution < 1.29 is 52.7 Å². The average Bonchev–Trinajstić information content (AvgIpc) is 3.40. The molecule has 0 aliphatic heterocycles. The van der Waals surface area contributed by atoms with Gasteiger partial charge >= 0.3 is 6.09 Å². The van der Waals surface area contributed by atoms with Crippen LogP contribution < -0.4 is 46.9 Å². The quantitative estimate of drug-likeness (QED) is 0.0203. The summed E-state index contributed by atoms with van der Waals surface area (Å²) >= 11 is 1.49. The van der Waals surface area contributed by atoms with E-state index < -0.39 is 22.8 Å². The normalized spacial score (nSPS) is 11.5. The number of hydrogen-bond acceptors (Lipinski definition) is 15. The second kappa shape index (κ2) is 31.4. The highest BCUT2D eigenvalue weighted by Gasteiger charge is 2.38. The van der Waals surface area contributed by atoms with Gasteiger partial charge in [0.25, 0.3) is 0 Å². The summed E-state index contributed by atoms with van der Waals surface area (Å²) in [5, 5.41) is 20.6. The summed E-state index contributed by atoms with van der Waals surface area (Å²) in [5.74, 6) is 1.29. The highest BCUT2D eigenvalue weighted by molar-refractivity contribution is 8.00. The van der Waals surface area contributed by atoms with Gasteiger partial charge in [-0.2, -0.15) is 4.98 Å². The van der Waals surface area contributed by atoms with Crippen molar-refractivity contribution in [1.82, 2.24) is 31.2 Å². The summed E-state index contributed by atoms with van der Waals surface area (Å²) in [6.45, 7) is 3.09. The molecule has 0 saturated carbocycles. The average molecular weight is 1030 g/mol. The minimum Gasteiger partial charge on any atom is -0.493 e. The molecule has 0 fully saturated rings. The first-order chi connectivity index (χ1) is 35.5. The van der Waals surface area contributed by atoms with Crippen LogP contribution in [0.15, 0.2) is 109 Å². The number of aromatic nitrogens is 2. The molecule has 0 aliphatic rings. The van der Waals surface area contributed by atoms with E-state index in [1.54, 1.807) is 20.4 Å². The standard InChI is InChI=1S/C53H68N8O11S/c1-67-44-34-38(33-39-36-59-51(55)61-49(39)54)35-45(68-2)48(44)72-26-13-12-23-56-46(62)21-14-22-47(63)57-24-27-69-29-31-71-32-30-70-28-25-58-50(64)43(60-52(65)66)37-73-53(40-15-6-3-7-16-40,41-17-8-4-9-18-41)42-19-10-5-11-20-42/h3-11,15-20,34-36,43,60H,12-14,21-33,37H2,1-2H3,(H,56,62)(H,57,63)(H,58,64)(H,65,66)(H4,54,55,59,61). The summed E-state index contributed by atoms with van der Waals surface area (Å²) in [7, 11) is 3.10. The monoisotopic (exact) mass is 1020 g/mol. The minimum atomic E-state index is -1.30. The largest absolute Gasteiger partial charge is 0.493 e. The highest BCUT2D eigenvalue weighted by Crippen LogP contribution is 2.48. The number of thioether (sulfide) groups is 1. The zero-order chi connectivity index (χ0) is 52.1. The number of carbonyl (C=O) groups excluding carboxylic acids is 3. The number of rotatable bonds is 34. The summed E-state index contributed by atoms with van der Waals surface area (Å²) in [5.41, 5.74) is 16.2. The van der Waals surface area contributed by atoms with Crippen molar-refractivity contribution in [2.75, 3.05) is 97.3 Å². The zero-order valence-electron chi connectivity index (χ0n) is 41.5. The molecule has 9 N–H and O–H groups in total. The Kier molecular flexibility index (Phi) is 24.4. The van der Waals surface area contributed by atoms with Crippen molar-refractivity contribution in [3.8, 4) is 17.2 Å². The fourth-order valence-electron chi connectivity index (χ4n) is 7.67. The number of hydrogen-bond donors (Lipinski definition) is 7. The molecule has 19 nitrogen and oxygen atoms in total. The molecule has 1 unspecified atom stereocenters. The molecule has 392 valence electrons. The maximum absolute atomic E-state index is 13.4. The Hall–Kier alpha value is -7.13. The Bertz CT molecular complexity index is 2340. The predicted octanol–water partition coefficient (Wildman–Crippen LogP) is 5.34. The second-order valence-corrected chi connectivity index (χ2v) is 17.7. The van der Waals surface area contributed by atoms with E-state index in [1.165, 1.54) is 11.8 Å². The molecule has 0 spiro atoms. The number of anilines is 2. The topological polar surface area (TPSA) is 270 Å². The van der Waals surface area contributed by atoms with Crippen LogP contribution in [0.25, 0.3) is 0 Å². The number of nitrogens with one attached hydrogen (secondary N) is 4. The first-order valence-corrected chi connectivity index (χ1v) is 25.1. The Balaban J connectivity index is 0.866. The van der Waals surface area contributed by atoms with Gasteiger partial charge in [-0.3, -0.25) is 14.4 Å². The number of nitrogens with two attached hydrogens (primary N) is 2. The van der Waals surface area contributed by atoms with Crippen molar-refractivity contribution in [3.63, 3.8) is 0 Å². The summed E-state index contributed by atoms with van der Waals surface area (Å²) in [4.78, 5) is 57.8. The third-order valence-electron chi connectivity index (χ3n) is 11.3. The number of carboxylic acid groups (broad SMARTS) is 1. The maximum atomic E-state index is 13.4. The van der Waals surface area contributed by atoms with E-state index >= 15 is 0 Å². The number of unbranched alkanes of at least 4 members (excludes halogenated alkanes) is 1. The maximum Gasteiger partial charge on any atom is 0.405 e. The highest BCUT2D eigenvalue weighted by atomic mass is 32.2. The summed E-state index contributed by atoms with van der Waals surface area (Å²) in [6.07, 6.45) is 2.96. The number of methoxy groups -OCH3 is 2. The van der Waals surface area contributed by atoms with E-state index in [2.05, 4.69) is 31.2 Å². The van der Waals surface area contributed by atoms with Crippen molar-refractivity contribution in [3.05, 3.63) is 137 Å².